The van der Waals surface area contributed by atoms with Gasteiger partial charge in [-0.25, -0.2) is 0 Å². The molecular weight excluding hydrogens is 236 g/mol. The molecule has 110 valence electrons. The molecule has 0 atom stereocenters. The molecule has 0 fully saturated rings. The first-order chi connectivity index (χ1) is 9.31. The molecule has 0 aliphatic heterocycles. The van der Waals surface area contributed by atoms with Gasteiger partial charge in [0.15, 0.2) is 0 Å². The summed E-state index contributed by atoms with van der Waals surface area (Å²) in [5.74, 6) is -0.0439. The molecule has 0 amide bonds. The lowest BCUT2D eigenvalue weighted by Crippen LogP contribution is -2.04. The molecule has 0 heterocycles. The Labute approximate surface area is 118 Å². The molecule has 0 radical (unpaired) electrons. The van der Waals surface area contributed by atoms with Gasteiger partial charge in [0.25, 0.3) is 0 Å². The van der Waals surface area contributed by atoms with Crippen LogP contribution in [0.4, 0.5) is 0 Å². The smallest absolute Gasteiger partial charge is 0.305 e. The van der Waals surface area contributed by atoms with Gasteiger partial charge in [-0.1, -0.05) is 50.0 Å². The van der Waals surface area contributed by atoms with Crippen LogP contribution in [0.2, 0.25) is 0 Å². The second kappa shape index (κ2) is 15.0. The van der Waals surface area contributed by atoms with Gasteiger partial charge in [-0.3, -0.25) is 4.79 Å². The Morgan fingerprint density at radius 3 is 2.11 bits per heavy atom. The van der Waals surface area contributed by atoms with Crippen molar-refractivity contribution in [3.8, 4) is 0 Å². The van der Waals surface area contributed by atoms with Crippen LogP contribution in [-0.2, 0) is 9.53 Å². The molecule has 0 saturated heterocycles. The van der Waals surface area contributed by atoms with E-state index in [1.165, 1.54) is 32.1 Å². The Kier molecular flexibility index (Phi) is 14.2. The van der Waals surface area contributed by atoms with Crippen molar-refractivity contribution in [3.63, 3.8) is 0 Å². The van der Waals surface area contributed by atoms with Gasteiger partial charge in [-0.05, 0) is 39.5 Å². The van der Waals surface area contributed by atoms with Crippen molar-refractivity contribution in [3.05, 3.63) is 24.3 Å². The summed E-state index contributed by atoms with van der Waals surface area (Å²) in [4.78, 5) is 11.4. The highest BCUT2D eigenvalue weighted by Gasteiger charge is 2.01. The lowest BCUT2D eigenvalue weighted by Gasteiger charge is -2.03. The van der Waals surface area contributed by atoms with Crippen LogP contribution in [0.15, 0.2) is 24.3 Å². The lowest BCUT2D eigenvalue weighted by atomic mass is 10.1. The Morgan fingerprint density at radius 2 is 1.42 bits per heavy atom. The third-order valence-corrected chi connectivity index (χ3v) is 3.02. The average molecular weight is 266 g/mol. The number of rotatable bonds is 12. The van der Waals surface area contributed by atoms with Gasteiger partial charge in [-0.2, -0.15) is 0 Å². The molecular formula is C17H30O2. The van der Waals surface area contributed by atoms with Crippen molar-refractivity contribution in [2.24, 2.45) is 0 Å². The number of unbranched alkanes of at least 4 members (excludes halogenated alkanes) is 6. The van der Waals surface area contributed by atoms with Gasteiger partial charge in [0.2, 0.25) is 0 Å². The second-order valence-electron chi connectivity index (χ2n) is 4.81. The van der Waals surface area contributed by atoms with Gasteiger partial charge in [0, 0.05) is 6.42 Å². The molecule has 0 aliphatic rings. The zero-order valence-corrected chi connectivity index (χ0v) is 12.7. The minimum Gasteiger partial charge on any atom is -0.465 e. The quantitative estimate of drug-likeness (QED) is 0.276. The normalized spacial score (nSPS) is 11.5. The third-order valence-electron chi connectivity index (χ3n) is 3.02. The average Bonchev–Trinajstić information content (AvgIpc) is 2.42. The molecule has 0 N–H and O–H groups in total. The molecule has 0 bridgehead atoms. The summed E-state index contributed by atoms with van der Waals surface area (Å²) in [7, 11) is 0. The molecule has 0 aromatic carbocycles. The van der Waals surface area contributed by atoms with E-state index in [0.29, 0.717) is 13.0 Å². The topological polar surface area (TPSA) is 26.3 Å². The van der Waals surface area contributed by atoms with E-state index in [-0.39, 0.29) is 5.97 Å². The number of hydrogen-bond donors (Lipinski definition) is 0. The van der Waals surface area contributed by atoms with Crippen LogP contribution in [0.25, 0.3) is 0 Å². The van der Waals surface area contributed by atoms with Gasteiger partial charge in [-0.15, -0.1) is 0 Å². The van der Waals surface area contributed by atoms with Gasteiger partial charge in [0.05, 0.1) is 6.61 Å². The van der Waals surface area contributed by atoms with E-state index in [4.69, 9.17) is 4.74 Å². The van der Waals surface area contributed by atoms with E-state index < -0.39 is 0 Å². The van der Waals surface area contributed by atoms with Crippen LogP contribution in [0.1, 0.15) is 71.6 Å². The lowest BCUT2D eigenvalue weighted by molar-refractivity contribution is -0.143. The maximum atomic E-state index is 11.4. The molecule has 0 rings (SSSR count). The van der Waals surface area contributed by atoms with Crippen molar-refractivity contribution in [1.82, 2.24) is 0 Å². The highest BCUT2D eigenvalue weighted by Crippen LogP contribution is 2.09. The SMILES string of the molecule is CC=CCCOC(=O)CCCCCCCC/C=C/C. The van der Waals surface area contributed by atoms with Crippen LogP contribution < -0.4 is 0 Å². The van der Waals surface area contributed by atoms with Crippen molar-refractivity contribution in [2.45, 2.75) is 71.6 Å². The zero-order valence-electron chi connectivity index (χ0n) is 12.7. The maximum Gasteiger partial charge on any atom is 0.305 e. The first-order valence-electron chi connectivity index (χ1n) is 7.69. The number of hydrogen-bond acceptors (Lipinski definition) is 2. The predicted molar refractivity (Wildman–Crippen MR) is 82.1 cm³/mol. The fraction of sp³-hybridized carbons (Fsp3) is 0.706. The largest absolute Gasteiger partial charge is 0.465 e. The summed E-state index contributed by atoms with van der Waals surface area (Å²) >= 11 is 0. The third kappa shape index (κ3) is 14.9. The maximum absolute atomic E-state index is 11.4. The second-order valence-corrected chi connectivity index (χ2v) is 4.81. The summed E-state index contributed by atoms with van der Waals surface area (Å²) in [6.07, 6.45) is 18.2. The van der Waals surface area contributed by atoms with E-state index in [9.17, 15) is 4.79 Å². The highest BCUT2D eigenvalue weighted by atomic mass is 16.5. The monoisotopic (exact) mass is 266 g/mol. The van der Waals surface area contributed by atoms with E-state index in [0.717, 1.165) is 19.3 Å². The summed E-state index contributed by atoms with van der Waals surface area (Å²) in [5, 5.41) is 0. The van der Waals surface area contributed by atoms with Crippen molar-refractivity contribution < 1.29 is 9.53 Å². The van der Waals surface area contributed by atoms with Crippen LogP contribution in [0.3, 0.4) is 0 Å². The fourth-order valence-electron chi connectivity index (χ4n) is 1.88. The molecule has 2 heteroatoms. The Hall–Kier alpha value is -1.05. The zero-order chi connectivity index (χ0) is 14.2. The predicted octanol–water partition coefficient (Wildman–Crippen LogP) is 5.19. The van der Waals surface area contributed by atoms with E-state index >= 15 is 0 Å². The molecule has 2 nitrogen and oxygen atoms in total. The molecule has 19 heavy (non-hydrogen) atoms. The Bertz CT molecular complexity index is 254. The Balaban J connectivity index is 3.18. The van der Waals surface area contributed by atoms with Gasteiger partial charge >= 0.3 is 5.97 Å². The van der Waals surface area contributed by atoms with E-state index in [1.807, 2.05) is 19.1 Å². The molecule has 0 saturated carbocycles. The number of allylic oxidation sites excluding steroid dienone is 3. The minimum atomic E-state index is -0.0439. The summed E-state index contributed by atoms with van der Waals surface area (Å²) in [6.45, 7) is 4.56. The van der Waals surface area contributed by atoms with Crippen molar-refractivity contribution in [1.29, 1.82) is 0 Å². The van der Waals surface area contributed by atoms with Crippen molar-refractivity contribution in [2.75, 3.05) is 6.61 Å². The van der Waals surface area contributed by atoms with E-state index in [1.54, 1.807) is 0 Å². The molecule has 0 spiro atoms. The van der Waals surface area contributed by atoms with Crippen LogP contribution in [0, 0.1) is 0 Å². The standard InChI is InChI=1S/C17H30O2/c1-3-5-7-8-9-10-11-12-13-15-17(18)19-16-14-6-4-2/h3-6H,7-16H2,1-2H3/b5-3+,6-4?. The summed E-state index contributed by atoms with van der Waals surface area (Å²) < 4.78 is 5.12. The van der Waals surface area contributed by atoms with Crippen LogP contribution in [0.5, 0.6) is 0 Å². The van der Waals surface area contributed by atoms with Gasteiger partial charge < -0.3 is 4.74 Å². The summed E-state index contributed by atoms with van der Waals surface area (Å²) in [6, 6.07) is 0. The number of ether oxygens (including phenoxy) is 1. The number of carbonyl (C=O) groups is 1. The number of carbonyl (C=O) groups excluding carboxylic acids is 1. The highest BCUT2D eigenvalue weighted by molar-refractivity contribution is 5.69. The Morgan fingerprint density at radius 1 is 0.842 bits per heavy atom. The van der Waals surface area contributed by atoms with Gasteiger partial charge in [0.1, 0.15) is 0 Å². The number of esters is 1. The molecule has 0 aromatic rings. The molecule has 0 unspecified atom stereocenters. The molecule has 0 aliphatic carbocycles. The van der Waals surface area contributed by atoms with Crippen LogP contribution in [-0.4, -0.2) is 12.6 Å². The first kappa shape index (κ1) is 17.9. The summed E-state index contributed by atoms with van der Waals surface area (Å²) in [5.41, 5.74) is 0. The van der Waals surface area contributed by atoms with E-state index in [2.05, 4.69) is 19.1 Å². The van der Waals surface area contributed by atoms with Crippen molar-refractivity contribution >= 4 is 5.97 Å². The first-order valence-corrected chi connectivity index (χ1v) is 7.69. The van der Waals surface area contributed by atoms with Crippen LogP contribution >= 0.6 is 0 Å². The molecule has 0 aromatic heterocycles. The minimum absolute atomic E-state index is 0.0439. The fourth-order valence-corrected chi connectivity index (χ4v) is 1.88.